The molecule has 28 heavy (non-hydrogen) atoms. The maximum absolute atomic E-state index is 5.79. The van der Waals surface area contributed by atoms with Gasteiger partial charge >= 0.3 is 0 Å². The van der Waals surface area contributed by atoms with Crippen molar-refractivity contribution in [3.63, 3.8) is 0 Å². The predicted octanol–water partition coefficient (Wildman–Crippen LogP) is 3.90. The van der Waals surface area contributed by atoms with Crippen molar-refractivity contribution >= 4 is 0 Å². The van der Waals surface area contributed by atoms with Gasteiger partial charge in [0.1, 0.15) is 0 Å². The molecule has 2 atom stereocenters. The Morgan fingerprint density at radius 1 is 0.964 bits per heavy atom. The molecule has 0 spiro atoms. The van der Waals surface area contributed by atoms with E-state index in [1.807, 2.05) is 30.9 Å². The van der Waals surface area contributed by atoms with Crippen LogP contribution < -0.4 is 0 Å². The van der Waals surface area contributed by atoms with Gasteiger partial charge in [-0.15, -0.1) is 0 Å². The van der Waals surface area contributed by atoms with E-state index in [1.54, 1.807) is 0 Å². The third-order valence-corrected chi connectivity index (χ3v) is 6.16. The number of hydrogen-bond acceptors (Lipinski definition) is 6. The van der Waals surface area contributed by atoms with Gasteiger partial charge in [-0.25, -0.2) is 0 Å². The van der Waals surface area contributed by atoms with E-state index in [9.17, 15) is 0 Å². The lowest BCUT2D eigenvalue weighted by Gasteiger charge is -2.16. The molecule has 2 fully saturated rings. The molecular weight excluding hydrogens is 350 g/mol. The van der Waals surface area contributed by atoms with Gasteiger partial charge < -0.3 is 4.52 Å². The monoisotopic (exact) mass is 375 g/mol. The third kappa shape index (κ3) is 3.56. The Labute approximate surface area is 165 Å². The SMILES string of the molecule is c1cncc([C@@H]2CN(Cc3ccncc3)C[C@H]2c2nc(C3CCCC3)no2)c1. The Bertz CT molecular complexity index is 892. The Balaban J connectivity index is 1.40. The average molecular weight is 375 g/mol. The fourth-order valence-corrected chi connectivity index (χ4v) is 4.69. The summed E-state index contributed by atoms with van der Waals surface area (Å²) in [6.45, 7) is 2.77. The summed E-state index contributed by atoms with van der Waals surface area (Å²) in [5, 5.41) is 4.35. The number of rotatable bonds is 5. The van der Waals surface area contributed by atoms with E-state index in [-0.39, 0.29) is 5.92 Å². The molecule has 0 amide bonds. The van der Waals surface area contributed by atoms with Crippen LogP contribution in [-0.2, 0) is 6.54 Å². The standard InChI is InChI=1S/C22H25N5O/c1-2-5-17(4-1)21-25-22(28-26-21)20-15-27(13-16-7-10-23-11-8-16)14-19(20)18-6-3-9-24-12-18/h3,6-12,17,19-20H,1-2,4-5,13-15H2/t19-,20+/m0/s1. The molecule has 1 aliphatic carbocycles. The van der Waals surface area contributed by atoms with Crippen LogP contribution in [0.3, 0.4) is 0 Å². The molecule has 3 aromatic heterocycles. The molecule has 0 aromatic carbocycles. The summed E-state index contributed by atoms with van der Waals surface area (Å²) >= 11 is 0. The molecule has 0 unspecified atom stereocenters. The zero-order chi connectivity index (χ0) is 18.8. The maximum Gasteiger partial charge on any atom is 0.231 e. The Morgan fingerprint density at radius 3 is 2.57 bits per heavy atom. The van der Waals surface area contributed by atoms with E-state index in [2.05, 4.69) is 38.2 Å². The lowest BCUT2D eigenvalue weighted by atomic mass is 9.90. The minimum absolute atomic E-state index is 0.202. The van der Waals surface area contributed by atoms with Crippen molar-refractivity contribution in [1.82, 2.24) is 25.0 Å². The topological polar surface area (TPSA) is 67.9 Å². The molecule has 1 aliphatic heterocycles. The molecule has 1 saturated carbocycles. The quantitative estimate of drug-likeness (QED) is 0.674. The summed E-state index contributed by atoms with van der Waals surface area (Å²) in [5.74, 6) is 2.68. The molecule has 4 heterocycles. The van der Waals surface area contributed by atoms with Crippen LogP contribution in [0, 0.1) is 0 Å². The van der Waals surface area contributed by atoms with E-state index in [4.69, 9.17) is 9.51 Å². The second-order valence-electron chi connectivity index (χ2n) is 8.02. The lowest BCUT2D eigenvalue weighted by Crippen LogP contribution is -2.20. The van der Waals surface area contributed by atoms with Crippen molar-refractivity contribution in [3.8, 4) is 0 Å². The Kier molecular flexibility index (Phi) is 4.87. The number of pyridine rings is 2. The van der Waals surface area contributed by atoms with Gasteiger partial charge in [0.15, 0.2) is 5.82 Å². The van der Waals surface area contributed by atoms with Crippen molar-refractivity contribution in [1.29, 1.82) is 0 Å². The van der Waals surface area contributed by atoms with Gasteiger partial charge in [0, 0.05) is 56.3 Å². The van der Waals surface area contributed by atoms with E-state index < -0.39 is 0 Å². The van der Waals surface area contributed by atoms with Gasteiger partial charge in [0.2, 0.25) is 5.89 Å². The maximum atomic E-state index is 5.79. The van der Waals surface area contributed by atoms with E-state index in [0.29, 0.717) is 11.8 Å². The minimum atomic E-state index is 0.202. The largest absolute Gasteiger partial charge is 0.339 e. The molecule has 3 aromatic rings. The highest BCUT2D eigenvalue weighted by molar-refractivity contribution is 5.24. The van der Waals surface area contributed by atoms with Crippen LogP contribution in [-0.4, -0.2) is 38.1 Å². The summed E-state index contributed by atoms with van der Waals surface area (Å²) in [4.78, 5) is 15.8. The molecule has 2 aliphatic rings. The first-order valence-corrected chi connectivity index (χ1v) is 10.2. The predicted molar refractivity (Wildman–Crippen MR) is 105 cm³/mol. The van der Waals surface area contributed by atoms with Crippen LogP contribution in [0.5, 0.6) is 0 Å². The molecular formula is C22H25N5O. The van der Waals surface area contributed by atoms with Crippen LogP contribution in [0.2, 0.25) is 0 Å². The molecule has 6 heteroatoms. The van der Waals surface area contributed by atoms with E-state index in [1.165, 1.54) is 36.8 Å². The highest BCUT2D eigenvalue weighted by Crippen LogP contribution is 2.40. The average Bonchev–Trinajstić information content (AvgIpc) is 3.49. The normalized spacial score (nSPS) is 23.4. The summed E-state index contributed by atoms with van der Waals surface area (Å²) < 4.78 is 5.79. The minimum Gasteiger partial charge on any atom is -0.339 e. The first kappa shape index (κ1) is 17.5. The molecule has 0 N–H and O–H groups in total. The molecule has 0 bridgehead atoms. The van der Waals surface area contributed by atoms with Gasteiger partial charge in [-0.1, -0.05) is 24.1 Å². The molecule has 6 nitrogen and oxygen atoms in total. The van der Waals surface area contributed by atoms with Crippen molar-refractivity contribution in [2.75, 3.05) is 13.1 Å². The Morgan fingerprint density at radius 2 is 1.79 bits per heavy atom. The summed E-state index contributed by atoms with van der Waals surface area (Å²) in [5.41, 5.74) is 2.52. The second-order valence-corrected chi connectivity index (χ2v) is 8.02. The van der Waals surface area contributed by atoms with Crippen LogP contribution in [0.4, 0.5) is 0 Å². The zero-order valence-corrected chi connectivity index (χ0v) is 15.9. The van der Waals surface area contributed by atoms with Crippen LogP contribution in [0.1, 0.15) is 66.3 Å². The molecule has 1 saturated heterocycles. The van der Waals surface area contributed by atoms with Gasteiger partial charge in [-0.3, -0.25) is 14.9 Å². The number of likely N-dealkylation sites (tertiary alicyclic amines) is 1. The van der Waals surface area contributed by atoms with Gasteiger partial charge in [0.05, 0.1) is 5.92 Å². The summed E-state index contributed by atoms with van der Waals surface area (Å²) in [6, 6.07) is 8.33. The molecule has 144 valence electrons. The van der Waals surface area contributed by atoms with Crippen LogP contribution in [0.15, 0.2) is 53.6 Å². The first-order valence-electron chi connectivity index (χ1n) is 10.2. The van der Waals surface area contributed by atoms with E-state index in [0.717, 1.165) is 31.3 Å². The fraction of sp³-hybridized carbons (Fsp3) is 0.455. The first-order chi connectivity index (χ1) is 13.9. The summed E-state index contributed by atoms with van der Waals surface area (Å²) in [6.07, 6.45) is 12.4. The molecule has 0 radical (unpaired) electrons. The van der Waals surface area contributed by atoms with Crippen LogP contribution in [0.25, 0.3) is 0 Å². The van der Waals surface area contributed by atoms with Crippen LogP contribution >= 0.6 is 0 Å². The van der Waals surface area contributed by atoms with Gasteiger partial charge in [-0.05, 0) is 42.2 Å². The number of hydrogen-bond donors (Lipinski definition) is 0. The van der Waals surface area contributed by atoms with Crippen molar-refractivity contribution < 1.29 is 4.52 Å². The zero-order valence-electron chi connectivity index (χ0n) is 15.9. The highest BCUT2D eigenvalue weighted by Gasteiger charge is 2.39. The Hall–Kier alpha value is -2.60. The van der Waals surface area contributed by atoms with Crippen molar-refractivity contribution in [2.24, 2.45) is 0 Å². The van der Waals surface area contributed by atoms with Crippen molar-refractivity contribution in [3.05, 3.63) is 71.9 Å². The summed E-state index contributed by atoms with van der Waals surface area (Å²) in [7, 11) is 0. The van der Waals surface area contributed by atoms with Gasteiger partial charge in [-0.2, -0.15) is 4.98 Å². The fourth-order valence-electron chi connectivity index (χ4n) is 4.69. The number of aromatic nitrogens is 4. The second kappa shape index (κ2) is 7.80. The lowest BCUT2D eigenvalue weighted by molar-refractivity contribution is 0.308. The number of nitrogens with zero attached hydrogens (tertiary/aromatic N) is 5. The van der Waals surface area contributed by atoms with Crippen molar-refractivity contribution in [2.45, 2.75) is 50.0 Å². The third-order valence-electron chi connectivity index (χ3n) is 6.16. The molecule has 5 rings (SSSR count). The van der Waals surface area contributed by atoms with Gasteiger partial charge in [0.25, 0.3) is 0 Å². The highest BCUT2D eigenvalue weighted by atomic mass is 16.5. The van der Waals surface area contributed by atoms with E-state index >= 15 is 0 Å². The smallest absolute Gasteiger partial charge is 0.231 e.